The predicted octanol–water partition coefficient (Wildman–Crippen LogP) is 3.43. The van der Waals surface area contributed by atoms with Crippen molar-refractivity contribution in [1.82, 2.24) is 10.3 Å². The Bertz CT molecular complexity index is 558. The van der Waals surface area contributed by atoms with Crippen molar-refractivity contribution in [2.24, 2.45) is 0 Å². The van der Waals surface area contributed by atoms with E-state index in [0.717, 1.165) is 12.1 Å². The highest BCUT2D eigenvalue weighted by Gasteiger charge is 2.07. The molecule has 19 heavy (non-hydrogen) atoms. The molecule has 0 saturated heterocycles. The van der Waals surface area contributed by atoms with Crippen molar-refractivity contribution in [3.63, 3.8) is 0 Å². The maximum atomic E-state index is 13.5. The Balaban J connectivity index is 2.20. The Labute approximate surface area is 112 Å². The first-order valence-corrected chi connectivity index (χ1v) is 6.29. The van der Waals surface area contributed by atoms with Crippen LogP contribution in [0.1, 0.15) is 18.1 Å². The summed E-state index contributed by atoms with van der Waals surface area (Å²) in [5, 5.41) is 3.22. The molecule has 2 rings (SSSR count). The van der Waals surface area contributed by atoms with E-state index < -0.39 is 0 Å². The normalized spacial score (nSPS) is 10.5. The third-order valence-electron chi connectivity index (χ3n) is 2.77. The Morgan fingerprint density at radius 3 is 2.89 bits per heavy atom. The number of nitrogens with one attached hydrogen (secondary N) is 1. The molecule has 1 aromatic carbocycles. The molecular weight excluding hydrogens is 243 g/mol. The highest BCUT2D eigenvalue weighted by Crippen LogP contribution is 2.24. The second-order valence-electron chi connectivity index (χ2n) is 4.26. The lowest BCUT2D eigenvalue weighted by Crippen LogP contribution is -2.12. The van der Waals surface area contributed by atoms with Crippen molar-refractivity contribution in [3.8, 4) is 11.6 Å². The molecule has 2 aromatic rings. The van der Waals surface area contributed by atoms with Gasteiger partial charge in [0.2, 0.25) is 5.88 Å². The molecule has 0 saturated carbocycles. The lowest BCUT2D eigenvalue weighted by molar-refractivity contribution is 0.448. The Kier molecular flexibility index (Phi) is 4.47. The minimum absolute atomic E-state index is 0.276. The van der Waals surface area contributed by atoms with Gasteiger partial charge in [-0.2, -0.15) is 0 Å². The number of hydrogen-bond acceptors (Lipinski definition) is 3. The molecule has 0 radical (unpaired) electrons. The summed E-state index contributed by atoms with van der Waals surface area (Å²) in [4.78, 5) is 4.19. The molecule has 0 atom stereocenters. The van der Waals surface area contributed by atoms with Gasteiger partial charge in [0.25, 0.3) is 0 Å². The van der Waals surface area contributed by atoms with Crippen LogP contribution >= 0.6 is 0 Å². The lowest BCUT2D eigenvalue weighted by atomic mass is 10.2. The molecule has 1 aromatic heterocycles. The molecule has 0 aliphatic heterocycles. The fourth-order valence-electron chi connectivity index (χ4n) is 1.66. The van der Waals surface area contributed by atoms with E-state index in [4.69, 9.17) is 4.74 Å². The summed E-state index contributed by atoms with van der Waals surface area (Å²) < 4.78 is 19.1. The van der Waals surface area contributed by atoms with Crippen molar-refractivity contribution in [2.45, 2.75) is 20.4 Å². The van der Waals surface area contributed by atoms with E-state index in [1.807, 2.05) is 19.1 Å². The zero-order chi connectivity index (χ0) is 13.7. The largest absolute Gasteiger partial charge is 0.439 e. The van der Waals surface area contributed by atoms with Gasteiger partial charge in [-0.15, -0.1) is 0 Å². The van der Waals surface area contributed by atoms with Crippen molar-refractivity contribution < 1.29 is 9.13 Å². The molecule has 3 nitrogen and oxygen atoms in total. The summed E-state index contributed by atoms with van der Waals surface area (Å²) in [5.74, 6) is 0.688. The van der Waals surface area contributed by atoms with Crippen LogP contribution < -0.4 is 10.1 Å². The van der Waals surface area contributed by atoms with Crippen LogP contribution in [0.4, 0.5) is 4.39 Å². The number of aromatic nitrogens is 1. The molecule has 0 aliphatic rings. The van der Waals surface area contributed by atoms with Gasteiger partial charge in [-0.25, -0.2) is 9.37 Å². The lowest BCUT2D eigenvalue weighted by Gasteiger charge is -2.10. The summed E-state index contributed by atoms with van der Waals surface area (Å²) in [5.41, 5.74) is 1.55. The van der Waals surface area contributed by atoms with E-state index in [2.05, 4.69) is 10.3 Å². The molecule has 100 valence electrons. The third kappa shape index (κ3) is 3.51. The molecular formula is C15H17FN2O. The van der Waals surface area contributed by atoms with Crippen LogP contribution in [0, 0.1) is 12.7 Å². The molecule has 1 heterocycles. The average Bonchev–Trinajstić information content (AvgIpc) is 2.42. The van der Waals surface area contributed by atoms with Gasteiger partial charge in [-0.05, 0) is 31.2 Å². The highest BCUT2D eigenvalue weighted by atomic mass is 19.1. The Morgan fingerprint density at radius 2 is 2.16 bits per heavy atom. The molecule has 0 spiro atoms. The highest BCUT2D eigenvalue weighted by molar-refractivity contribution is 5.34. The second-order valence-corrected chi connectivity index (χ2v) is 4.26. The number of pyridine rings is 1. The molecule has 4 heteroatoms. The van der Waals surface area contributed by atoms with Crippen molar-refractivity contribution in [2.75, 3.05) is 6.54 Å². The molecule has 0 amide bonds. The fraction of sp³-hybridized carbons (Fsp3) is 0.267. The van der Waals surface area contributed by atoms with E-state index in [-0.39, 0.29) is 5.82 Å². The minimum Gasteiger partial charge on any atom is -0.439 e. The molecule has 0 bridgehead atoms. The van der Waals surface area contributed by atoms with Crippen molar-refractivity contribution in [3.05, 3.63) is 53.5 Å². The van der Waals surface area contributed by atoms with Gasteiger partial charge in [0.15, 0.2) is 0 Å². The van der Waals surface area contributed by atoms with Gasteiger partial charge in [-0.1, -0.05) is 19.1 Å². The zero-order valence-electron chi connectivity index (χ0n) is 11.1. The Morgan fingerprint density at radius 1 is 1.32 bits per heavy atom. The van der Waals surface area contributed by atoms with Gasteiger partial charge in [-0.3, -0.25) is 0 Å². The van der Waals surface area contributed by atoms with Gasteiger partial charge in [0, 0.05) is 24.4 Å². The van der Waals surface area contributed by atoms with Crippen molar-refractivity contribution in [1.29, 1.82) is 0 Å². The van der Waals surface area contributed by atoms with Crippen LogP contribution in [-0.2, 0) is 6.54 Å². The minimum atomic E-state index is -0.276. The molecule has 1 N–H and O–H groups in total. The maximum absolute atomic E-state index is 13.5. The summed E-state index contributed by atoms with van der Waals surface area (Å²) in [6.07, 6.45) is 1.66. The Hall–Kier alpha value is -1.94. The van der Waals surface area contributed by atoms with Crippen molar-refractivity contribution >= 4 is 0 Å². The third-order valence-corrected chi connectivity index (χ3v) is 2.77. The van der Waals surface area contributed by atoms with E-state index in [1.54, 1.807) is 25.3 Å². The van der Waals surface area contributed by atoms with Gasteiger partial charge >= 0.3 is 0 Å². The topological polar surface area (TPSA) is 34.2 Å². The van der Waals surface area contributed by atoms with Crippen LogP contribution in [-0.4, -0.2) is 11.5 Å². The first-order chi connectivity index (χ1) is 9.20. The molecule has 0 unspecified atom stereocenters. The second kappa shape index (κ2) is 6.29. The monoisotopic (exact) mass is 260 g/mol. The van der Waals surface area contributed by atoms with Crippen LogP contribution in [0.2, 0.25) is 0 Å². The van der Waals surface area contributed by atoms with Crippen LogP contribution in [0.3, 0.4) is 0 Å². The van der Waals surface area contributed by atoms with Gasteiger partial charge in [0.1, 0.15) is 11.6 Å². The molecule has 0 aliphatic carbocycles. The summed E-state index contributed by atoms with van der Waals surface area (Å²) in [6.45, 7) is 5.30. The first-order valence-electron chi connectivity index (χ1n) is 6.29. The smallest absolute Gasteiger partial charge is 0.223 e. The zero-order valence-corrected chi connectivity index (χ0v) is 11.1. The number of ether oxygens (including phenoxy) is 1. The number of rotatable bonds is 5. The van der Waals surface area contributed by atoms with E-state index in [0.29, 0.717) is 23.7 Å². The van der Waals surface area contributed by atoms with Gasteiger partial charge in [0.05, 0.1) is 0 Å². The van der Waals surface area contributed by atoms with E-state index in [9.17, 15) is 4.39 Å². The average molecular weight is 260 g/mol. The first kappa shape index (κ1) is 13.5. The summed E-state index contributed by atoms with van der Waals surface area (Å²) >= 11 is 0. The maximum Gasteiger partial charge on any atom is 0.223 e. The number of hydrogen-bond donors (Lipinski definition) is 1. The summed E-state index contributed by atoms with van der Waals surface area (Å²) in [6, 6.07) is 8.60. The molecule has 0 fully saturated rings. The van der Waals surface area contributed by atoms with Gasteiger partial charge < -0.3 is 10.1 Å². The predicted molar refractivity (Wildman–Crippen MR) is 72.8 cm³/mol. The van der Waals surface area contributed by atoms with Crippen LogP contribution in [0.25, 0.3) is 0 Å². The van der Waals surface area contributed by atoms with Crippen LogP contribution in [0.5, 0.6) is 11.6 Å². The quantitative estimate of drug-likeness (QED) is 0.894. The number of aryl methyl sites for hydroxylation is 1. The van der Waals surface area contributed by atoms with E-state index in [1.165, 1.54) is 6.07 Å². The standard InChI is InChI=1S/C15H17FN2O/c1-3-17-10-12-5-4-8-18-15(12)19-13-7-6-11(2)14(16)9-13/h4-9,17H,3,10H2,1-2H3. The summed E-state index contributed by atoms with van der Waals surface area (Å²) in [7, 11) is 0. The SMILES string of the molecule is CCNCc1cccnc1Oc1ccc(C)c(F)c1. The number of halogens is 1. The number of benzene rings is 1. The van der Waals surface area contributed by atoms with E-state index >= 15 is 0 Å². The number of nitrogens with zero attached hydrogens (tertiary/aromatic N) is 1. The van der Waals surface area contributed by atoms with Crippen LogP contribution in [0.15, 0.2) is 36.5 Å². The fourth-order valence-corrected chi connectivity index (χ4v) is 1.66.